The molecule has 1 saturated heterocycles. The molecule has 134 valence electrons. The Kier molecular flexibility index (Phi) is 5.53. The van der Waals surface area contributed by atoms with Crippen LogP contribution >= 0.6 is 0 Å². The number of benzene rings is 1. The maximum atomic E-state index is 12.5. The summed E-state index contributed by atoms with van der Waals surface area (Å²) in [5.41, 5.74) is 1.64. The molecule has 1 amide bonds. The molecule has 1 aliphatic rings. The van der Waals surface area contributed by atoms with Gasteiger partial charge in [0.05, 0.1) is 0 Å². The molecule has 0 saturated carbocycles. The number of piperazine rings is 1. The van der Waals surface area contributed by atoms with Crippen LogP contribution < -0.4 is 5.56 Å². The van der Waals surface area contributed by atoms with Crippen molar-refractivity contribution in [3.8, 4) is 0 Å². The SMILES string of the molecule is CCC(CC)C(=O)N1CCN(Cc2cc3ccccc3[nH]c2=O)CC1. The summed E-state index contributed by atoms with van der Waals surface area (Å²) in [6, 6.07) is 9.82. The lowest BCUT2D eigenvalue weighted by atomic mass is 10.0. The van der Waals surface area contributed by atoms with Crippen molar-refractivity contribution in [1.82, 2.24) is 14.8 Å². The first-order valence-electron chi connectivity index (χ1n) is 9.24. The summed E-state index contributed by atoms with van der Waals surface area (Å²) < 4.78 is 0. The van der Waals surface area contributed by atoms with Gasteiger partial charge in [0.25, 0.3) is 5.56 Å². The van der Waals surface area contributed by atoms with Crippen molar-refractivity contribution in [2.75, 3.05) is 26.2 Å². The highest BCUT2D eigenvalue weighted by molar-refractivity contribution is 5.79. The minimum Gasteiger partial charge on any atom is -0.340 e. The summed E-state index contributed by atoms with van der Waals surface area (Å²) in [4.78, 5) is 32.0. The van der Waals surface area contributed by atoms with Crippen molar-refractivity contribution < 1.29 is 4.79 Å². The Hall–Kier alpha value is -2.14. The molecule has 0 bridgehead atoms. The van der Waals surface area contributed by atoms with E-state index in [1.807, 2.05) is 35.2 Å². The monoisotopic (exact) mass is 341 g/mol. The fourth-order valence-corrected chi connectivity index (χ4v) is 3.57. The highest BCUT2D eigenvalue weighted by atomic mass is 16.2. The fraction of sp³-hybridized carbons (Fsp3) is 0.500. The first kappa shape index (κ1) is 17.7. The molecule has 0 unspecified atom stereocenters. The van der Waals surface area contributed by atoms with Crippen LogP contribution in [0.1, 0.15) is 32.3 Å². The number of carbonyl (C=O) groups excluding carboxylic acids is 1. The number of hydrogen-bond acceptors (Lipinski definition) is 3. The van der Waals surface area contributed by atoms with Crippen LogP contribution in [-0.4, -0.2) is 46.9 Å². The molecule has 0 radical (unpaired) electrons. The Balaban J connectivity index is 1.64. The Morgan fingerprint density at radius 1 is 1.12 bits per heavy atom. The number of amides is 1. The largest absolute Gasteiger partial charge is 0.340 e. The van der Waals surface area contributed by atoms with Gasteiger partial charge in [-0.05, 0) is 30.4 Å². The second-order valence-corrected chi connectivity index (χ2v) is 6.83. The van der Waals surface area contributed by atoms with Crippen molar-refractivity contribution in [1.29, 1.82) is 0 Å². The second-order valence-electron chi connectivity index (χ2n) is 6.83. The third-order valence-corrected chi connectivity index (χ3v) is 5.24. The van der Waals surface area contributed by atoms with E-state index in [0.29, 0.717) is 6.54 Å². The maximum Gasteiger partial charge on any atom is 0.252 e. The molecule has 0 aliphatic carbocycles. The van der Waals surface area contributed by atoms with Crippen molar-refractivity contribution >= 4 is 16.8 Å². The van der Waals surface area contributed by atoms with Gasteiger partial charge >= 0.3 is 0 Å². The number of nitrogens with one attached hydrogen (secondary N) is 1. The molecule has 1 aromatic heterocycles. The lowest BCUT2D eigenvalue weighted by Gasteiger charge is -2.36. The summed E-state index contributed by atoms with van der Waals surface area (Å²) in [5.74, 6) is 0.433. The molecule has 0 spiro atoms. The Morgan fingerprint density at radius 2 is 1.80 bits per heavy atom. The highest BCUT2D eigenvalue weighted by Gasteiger charge is 2.25. The number of nitrogens with zero attached hydrogens (tertiary/aromatic N) is 2. The van der Waals surface area contributed by atoms with Crippen LogP contribution in [0.4, 0.5) is 0 Å². The minimum atomic E-state index is -0.0192. The topological polar surface area (TPSA) is 56.4 Å². The lowest BCUT2D eigenvalue weighted by molar-refractivity contribution is -0.137. The molecule has 2 heterocycles. The van der Waals surface area contributed by atoms with Gasteiger partial charge in [-0.15, -0.1) is 0 Å². The normalized spacial score (nSPS) is 15.9. The van der Waals surface area contributed by atoms with Crippen LogP contribution in [0.5, 0.6) is 0 Å². The number of fused-ring (bicyclic) bond motifs is 1. The maximum absolute atomic E-state index is 12.5. The third-order valence-electron chi connectivity index (χ3n) is 5.24. The van der Waals surface area contributed by atoms with Gasteiger partial charge in [0.2, 0.25) is 5.91 Å². The number of pyridine rings is 1. The van der Waals surface area contributed by atoms with E-state index in [1.54, 1.807) is 0 Å². The Morgan fingerprint density at radius 3 is 2.48 bits per heavy atom. The van der Waals surface area contributed by atoms with Crippen molar-refractivity contribution in [2.24, 2.45) is 5.92 Å². The third kappa shape index (κ3) is 3.93. The standard InChI is InChI=1S/C20H27N3O2/c1-3-15(4-2)20(25)23-11-9-22(10-12-23)14-17-13-16-7-5-6-8-18(16)21-19(17)24/h5-8,13,15H,3-4,9-12,14H2,1-2H3,(H,21,24). The highest BCUT2D eigenvalue weighted by Crippen LogP contribution is 2.16. The van der Waals surface area contributed by atoms with E-state index >= 15 is 0 Å². The first-order valence-corrected chi connectivity index (χ1v) is 9.24. The number of H-pyrrole nitrogens is 1. The summed E-state index contributed by atoms with van der Waals surface area (Å²) in [5, 5.41) is 1.06. The van der Waals surface area contributed by atoms with Crippen molar-refractivity contribution in [2.45, 2.75) is 33.2 Å². The minimum absolute atomic E-state index is 0.0192. The summed E-state index contributed by atoms with van der Waals surface area (Å²) in [6.07, 6.45) is 1.81. The molecule has 0 atom stereocenters. The molecule has 2 aromatic rings. The van der Waals surface area contributed by atoms with Gasteiger partial charge < -0.3 is 9.88 Å². The molecule has 1 aromatic carbocycles. The number of rotatable bonds is 5. The van der Waals surface area contributed by atoms with Crippen LogP contribution in [0.15, 0.2) is 35.1 Å². The van der Waals surface area contributed by atoms with Crippen LogP contribution in [0.3, 0.4) is 0 Å². The van der Waals surface area contributed by atoms with Crippen LogP contribution in [0.2, 0.25) is 0 Å². The van der Waals surface area contributed by atoms with Gasteiger partial charge in [0.15, 0.2) is 0 Å². The van der Waals surface area contributed by atoms with E-state index in [-0.39, 0.29) is 17.4 Å². The number of hydrogen-bond donors (Lipinski definition) is 1. The zero-order valence-electron chi connectivity index (χ0n) is 15.1. The number of aromatic nitrogens is 1. The molecule has 5 nitrogen and oxygen atoms in total. The summed E-state index contributed by atoms with van der Waals surface area (Å²) in [6.45, 7) is 7.92. The number of aromatic amines is 1. The van der Waals surface area contributed by atoms with E-state index < -0.39 is 0 Å². The van der Waals surface area contributed by atoms with Gasteiger partial charge in [-0.25, -0.2) is 0 Å². The van der Waals surface area contributed by atoms with Gasteiger partial charge in [0.1, 0.15) is 0 Å². The fourth-order valence-electron chi connectivity index (χ4n) is 3.57. The average Bonchev–Trinajstić information content (AvgIpc) is 2.64. The zero-order chi connectivity index (χ0) is 17.8. The van der Waals surface area contributed by atoms with E-state index in [0.717, 1.165) is 55.5 Å². The van der Waals surface area contributed by atoms with Gasteiger partial charge in [-0.1, -0.05) is 32.0 Å². The molecule has 1 aliphatic heterocycles. The van der Waals surface area contributed by atoms with Crippen molar-refractivity contribution in [3.63, 3.8) is 0 Å². The lowest BCUT2D eigenvalue weighted by Crippen LogP contribution is -2.50. The average molecular weight is 341 g/mol. The van der Waals surface area contributed by atoms with Gasteiger partial charge in [-0.2, -0.15) is 0 Å². The van der Waals surface area contributed by atoms with Crippen LogP contribution in [0.25, 0.3) is 10.9 Å². The molecule has 5 heteroatoms. The molecular weight excluding hydrogens is 314 g/mol. The number of carbonyl (C=O) groups is 1. The quantitative estimate of drug-likeness (QED) is 0.909. The number of para-hydroxylation sites is 1. The smallest absolute Gasteiger partial charge is 0.252 e. The second kappa shape index (κ2) is 7.83. The van der Waals surface area contributed by atoms with Gasteiger partial charge in [0, 0.05) is 49.7 Å². The molecule has 25 heavy (non-hydrogen) atoms. The van der Waals surface area contributed by atoms with E-state index in [2.05, 4.69) is 23.7 Å². The van der Waals surface area contributed by atoms with Gasteiger partial charge in [-0.3, -0.25) is 14.5 Å². The first-order chi connectivity index (χ1) is 12.1. The summed E-state index contributed by atoms with van der Waals surface area (Å²) >= 11 is 0. The van der Waals surface area contributed by atoms with E-state index in [1.165, 1.54) is 0 Å². The molecular formula is C20H27N3O2. The van der Waals surface area contributed by atoms with E-state index in [9.17, 15) is 9.59 Å². The summed E-state index contributed by atoms with van der Waals surface area (Å²) in [7, 11) is 0. The molecule has 1 N–H and O–H groups in total. The molecule has 1 fully saturated rings. The van der Waals surface area contributed by atoms with Crippen molar-refractivity contribution in [3.05, 3.63) is 46.2 Å². The predicted octanol–water partition coefficient (Wildman–Crippen LogP) is 2.61. The van der Waals surface area contributed by atoms with Crippen LogP contribution in [0, 0.1) is 5.92 Å². The van der Waals surface area contributed by atoms with Crippen LogP contribution in [-0.2, 0) is 11.3 Å². The Labute approximate surface area is 148 Å². The zero-order valence-corrected chi connectivity index (χ0v) is 15.1. The predicted molar refractivity (Wildman–Crippen MR) is 100 cm³/mol. The molecule has 3 rings (SSSR count). The Bertz CT molecular complexity index is 787. The van der Waals surface area contributed by atoms with E-state index in [4.69, 9.17) is 0 Å².